The summed E-state index contributed by atoms with van der Waals surface area (Å²) in [6, 6.07) is 6.77. The van der Waals surface area contributed by atoms with Crippen LogP contribution in [0.4, 0.5) is 0 Å². The standard InChI is InChI=1S/C10H13NS.ClH/c1-12-10-3-2-9-7-11-5-4-8(9)6-10;/h2-3,6,11H,4-5,7H2,1H3;1H. The molecule has 1 aromatic carbocycles. The normalized spacial score (nSPS) is 14.5. The van der Waals surface area contributed by atoms with Crippen LogP contribution in [-0.4, -0.2) is 12.8 Å². The van der Waals surface area contributed by atoms with E-state index in [9.17, 15) is 0 Å². The number of hydrogen-bond donors (Lipinski definition) is 1. The zero-order valence-corrected chi connectivity index (χ0v) is 9.30. The van der Waals surface area contributed by atoms with Crippen LogP contribution in [0.3, 0.4) is 0 Å². The van der Waals surface area contributed by atoms with Gasteiger partial charge in [-0.2, -0.15) is 0 Å². The largest absolute Gasteiger partial charge is 0.312 e. The molecule has 0 fully saturated rings. The molecule has 1 aromatic rings. The molecular weight excluding hydrogens is 202 g/mol. The van der Waals surface area contributed by atoms with Gasteiger partial charge in [-0.3, -0.25) is 0 Å². The molecule has 13 heavy (non-hydrogen) atoms. The Kier molecular flexibility index (Phi) is 4.10. The first kappa shape index (κ1) is 10.9. The highest BCUT2D eigenvalue weighted by Crippen LogP contribution is 2.21. The lowest BCUT2D eigenvalue weighted by Crippen LogP contribution is -2.23. The maximum absolute atomic E-state index is 3.37. The topological polar surface area (TPSA) is 12.0 Å². The summed E-state index contributed by atoms with van der Waals surface area (Å²) < 4.78 is 0. The van der Waals surface area contributed by atoms with E-state index in [4.69, 9.17) is 0 Å². The number of benzene rings is 1. The molecule has 1 aliphatic heterocycles. The molecule has 3 heteroatoms. The third-order valence-corrected chi connectivity index (χ3v) is 3.03. The van der Waals surface area contributed by atoms with Crippen molar-refractivity contribution in [1.82, 2.24) is 5.32 Å². The van der Waals surface area contributed by atoms with Crippen molar-refractivity contribution in [3.63, 3.8) is 0 Å². The summed E-state index contributed by atoms with van der Waals surface area (Å²) in [6.45, 7) is 2.18. The molecule has 0 aliphatic carbocycles. The number of fused-ring (bicyclic) bond motifs is 1. The fraction of sp³-hybridized carbons (Fsp3) is 0.400. The predicted molar refractivity (Wildman–Crippen MR) is 60.9 cm³/mol. The average molecular weight is 216 g/mol. The SMILES string of the molecule is CSc1ccc2c(c1)CCNC2.Cl. The molecule has 1 aliphatic rings. The molecule has 0 saturated carbocycles. The highest BCUT2D eigenvalue weighted by atomic mass is 35.5. The van der Waals surface area contributed by atoms with Gasteiger partial charge in [0.05, 0.1) is 0 Å². The minimum Gasteiger partial charge on any atom is -0.312 e. The van der Waals surface area contributed by atoms with E-state index in [1.54, 1.807) is 0 Å². The van der Waals surface area contributed by atoms with Crippen LogP contribution in [0.25, 0.3) is 0 Å². The average Bonchev–Trinajstić information content (AvgIpc) is 2.17. The molecule has 0 spiro atoms. The van der Waals surface area contributed by atoms with Gasteiger partial charge in [0, 0.05) is 11.4 Å². The minimum absolute atomic E-state index is 0. The maximum Gasteiger partial charge on any atom is 0.0208 e. The van der Waals surface area contributed by atoms with Crippen LogP contribution in [0.2, 0.25) is 0 Å². The van der Waals surface area contributed by atoms with Gasteiger partial charge in [0.15, 0.2) is 0 Å². The molecule has 0 amide bonds. The molecular formula is C10H14ClNS. The van der Waals surface area contributed by atoms with E-state index < -0.39 is 0 Å². The van der Waals surface area contributed by atoms with Crippen molar-refractivity contribution in [2.24, 2.45) is 0 Å². The number of halogens is 1. The zero-order valence-electron chi connectivity index (χ0n) is 7.67. The molecule has 2 rings (SSSR count). The zero-order chi connectivity index (χ0) is 8.39. The van der Waals surface area contributed by atoms with Crippen molar-refractivity contribution in [3.05, 3.63) is 29.3 Å². The van der Waals surface area contributed by atoms with Gasteiger partial charge in [-0.1, -0.05) is 6.07 Å². The van der Waals surface area contributed by atoms with E-state index >= 15 is 0 Å². The summed E-state index contributed by atoms with van der Waals surface area (Å²) in [4.78, 5) is 1.38. The van der Waals surface area contributed by atoms with E-state index in [0.717, 1.165) is 13.1 Å². The second-order valence-corrected chi connectivity index (χ2v) is 3.94. The van der Waals surface area contributed by atoms with Crippen LogP contribution >= 0.6 is 24.2 Å². The summed E-state index contributed by atoms with van der Waals surface area (Å²) in [5.41, 5.74) is 3.00. The first-order chi connectivity index (χ1) is 5.90. The van der Waals surface area contributed by atoms with E-state index in [0.29, 0.717) is 0 Å². The minimum atomic E-state index is 0. The lowest BCUT2D eigenvalue weighted by atomic mass is 10.0. The Hall–Kier alpha value is -0.180. The number of rotatable bonds is 1. The van der Waals surface area contributed by atoms with Gasteiger partial charge in [0.2, 0.25) is 0 Å². The van der Waals surface area contributed by atoms with Crippen molar-refractivity contribution in [2.75, 3.05) is 12.8 Å². The Balaban J connectivity index is 0.000000845. The van der Waals surface area contributed by atoms with E-state index in [1.807, 2.05) is 11.8 Å². The highest BCUT2D eigenvalue weighted by Gasteiger charge is 2.07. The third-order valence-electron chi connectivity index (χ3n) is 2.30. The fourth-order valence-corrected chi connectivity index (χ4v) is 2.04. The van der Waals surface area contributed by atoms with Crippen LogP contribution in [0.1, 0.15) is 11.1 Å². The van der Waals surface area contributed by atoms with Gasteiger partial charge in [-0.15, -0.1) is 24.2 Å². The highest BCUT2D eigenvalue weighted by molar-refractivity contribution is 7.98. The summed E-state index contributed by atoms with van der Waals surface area (Å²) >= 11 is 1.82. The van der Waals surface area contributed by atoms with Crippen molar-refractivity contribution in [2.45, 2.75) is 17.9 Å². The molecule has 0 radical (unpaired) electrons. The second kappa shape index (κ2) is 4.89. The summed E-state index contributed by atoms with van der Waals surface area (Å²) in [7, 11) is 0. The molecule has 1 heterocycles. The lowest BCUT2D eigenvalue weighted by molar-refractivity contribution is 0.642. The van der Waals surface area contributed by atoms with E-state index in [1.165, 1.54) is 22.4 Å². The second-order valence-electron chi connectivity index (χ2n) is 3.06. The van der Waals surface area contributed by atoms with Gasteiger partial charge in [-0.25, -0.2) is 0 Å². The Bertz CT molecular complexity index is 288. The van der Waals surface area contributed by atoms with Crippen molar-refractivity contribution < 1.29 is 0 Å². The Labute approximate surface area is 89.7 Å². The molecule has 0 unspecified atom stereocenters. The fourth-order valence-electron chi connectivity index (χ4n) is 1.58. The Morgan fingerprint density at radius 3 is 2.92 bits per heavy atom. The predicted octanol–water partition coefficient (Wildman–Crippen LogP) is 2.48. The molecule has 0 atom stereocenters. The number of nitrogens with one attached hydrogen (secondary N) is 1. The summed E-state index contributed by atoms with van der Waals surface area (Å²) in [5, 5.41) is 3.37. The van der Waals surface area contributed by atoms with Crippen molar-refractivity contribution >= 4 is 24.2 Å². The maximum atomic E-state index is 3.37. The summed E-state index contributed by atoms with van der Waals surface area (Å²) in [5.74, 6) is 0. The molecule has 72 valence electrons. The van der Waals surface area contributed by atoms with Gasteiger partial charge >= 0.3 is 0 Å². The van der Waals surface area contributed by atoms with Crippen molar-refractivity contribution in [1.29, 1.82) is 0 Å². The van der Waals surface area contributed by atoms with Crippen molar-refractivity contribution in [3.8, 4) is 0 Å². The van der Waals surface area contributed by atoms with Crippen LogP contribution in [0.15, 0.2) is 23.1 Å². The van der Waals surface area contributed by atoms with Crippen LogP contribution in [0.5, 0.6) is 0 Å². The number of hydrogen-bond acceptors (Lipinski definition) is 2. The van der Waals surface area contributed by atoms with Crippen LogP contribution in [0, 0.1) is 0 Å². The van der Waals surface area contributed by atoms with E-state index in [2.05, 4.69) is 29.8 Å². The Morgan fingerprint density at radius 2 is 2.15 bits per heavy atom. The third kappa shape index (κ3) is 2.39. The van der Waals surface area contributed by atoms with Crippen LogP contribution in [-0.2, 0) is 13.0 Å². The number of thioether (sulfide) groups is 1. The smallest absolute Gasteiger partial charge is 0.0208 e. The first-order valence-corrected chi connectivity index (χ1v) is 5.49. The monoisotopic (exact) mass is 215 g/mol. The molecule has 0 saturated heterocycles. The Morgan fingerprint density at radius 1 is 1.31 bits per heavy atom. The van der Waals surface area contributed by atoms with E-state index in [-0.39, 0.29) is 12.4 Å². The molecule has 0 bridgehead atoms. The van der Waals surface area contributed by atoms with Crippen LogP contribution < -0.4 is 5.32 Å². The summed E-state index contributed by atoms with van der Waals surface area (Å²) in [6.07, 6.45) is 3.31. The van der Waals surface area contributed by atoms with Gasteiger partial charge in [0.25, 0.3) is 0 Å². The van der Waals surface area contributed by atoms with Gasteiger partial charge in [0.1, 0.15) is 0 Å². The van der Waals surface area contributed by atoms with Gasteiger partial charge < -0.3 is 5.32 Å². The molecule has 1 N–H and O–H groups in total. The lowest BCUT2D eigenvalue weighted by Gasteiger charge is -2.17. The molecule has 0 aromatic heterocycles. The first-order valence-electron chi connectivity index (χ1n) is 4.26. The quantitative estimate of drug-likeness (QED) is 0.723. The van der Waals surface area contributed by atoms with Gasteiger partial charge in [-0.05, 0) is 42.5 Å². The molecule has 1 nitrogen and oxygen atoms in total.